The lowest BCUT2D eigenvalue weighted by Crippen LogP contribution is -2.30. The number of aryl methyl sites for hydroxylation is 1. The molecule has 0 amide bonds. The van der Waals surface area contributed by atoms with Gasteiger partial charge in [0, 0.05) is 36.5 Å². The number of pyridine rings is 2. The van der Waals surface area contributed by atoms with E-state index in [0.717, 1.165) is 16.9 Å². The molecule has 2 aromatic heterocycles. The van der Waals surface area contributed by atoms with Gasteiger partial charge in [-0.25, -0.2) is 8.42 Å². The molecule has 0 unspecified atom stereocenters. The minimum atomic E-state index is -3.62. The van der Waals surface area contributed by atoms with Crippen LogP contribution in [-0.4, -0.2) is 24.3 Å². The fourth-order valence-electron chi connectivity index (χ4n) is 2.46. The predicted octanol–water partition coefficient (Wildman–Crippen LogP) is 2.66. The number of guanidine groups is 1. The van der Waals surface area contributed by atoms with Gasteiger partial charge in [-0.15, -0.1) is 4.99 Å². The number of benzene rings is 1. The van der Waals surface area contributed by atoms with Crippen LogP contribution in [0.4, 0.5) is 5.69 Å². The molecule has 0 radical (unpaired) electrons. The van der Waals surface area contributed by atoms with E-state index < -0.39 is 9.84 Å². The topological polar surface area (TPSA) is 120 Å². The minimum absolute atomic E-state index is 0.152. The number of hydrogen-bond acceptors (Lipinski definition) is 6. The van der Waals surface area contributed by atoms with Crippen LogP contribution in [0.3, 0.4) is 0 Å². The maximum atomic E-state index is 12.7. The molecule has 2 heterocycles. The van der Waals surface area contributed by atoms with Crippen molar-refractivity contribution in [2.75, 3.05) is 5.32 Å². The highest BCUT2D eigenvalue weighted by Gasteiger charge is 2.17. The fourth-order valence-corrected chi connectivity index (χ4v) is 3.66. The molecule has 3 aromatic rings. The summed E-state index contributed by atoms with van der Waals surface area (Å²) in [4.78, 5) is 12.0. The van der Waals surface area contributed by atoms with Gasteiger partial charge in [-0.2, -0.15) is 5.26 Å². The van der Waals surface area contributed by atoms with E-state index in [1.54, 1.807) is 74.0 Å². The molecule has 0 atom stereocenters. The first-order valence-electron chi connectivity index (χ1n) is 8.63. The van der Waals surface area contributed by atoms with Crippen LogP contribution in [-0.2, 0) is 16.4 Å². The second-order valence-corrected chi connectivity index (χ2v) is 8.01. The number of aromatic nitrogens is 2. The van der Waals surface area contributed by atoms with E-state index in [0.29, 0.717) is 6.54 Å². The smallest absolute Gasteiger partial charge is 0.212 e. The van der Waals surface area contributed by atoms with E-state index in [4.69, 9.17) is 5.26 Å². The Balaban J connectivity index is 1.69. The summed E-state index contributed by atoms with van der Waals surface area (Å²) in [5.74, 6) is 0.279. The van der Waals surface area contributed by atoms with Crippen molar-refractivity contribution in [2.24, 2.45) is 4.99 Å². The van der Waals surface area contributed by atoms with Crippen LogP contribution in [0.15, 0.2) is 81.9 Å². The lowest BCUT2D eigenvalue weighted by Gasteiger charge is -2.11. The first-order chi connectivity index (χ1) is 14.0. The monoisotopic (exact) mass is 406 g/mol. The molecule has 0 spiro atoms. The zero-order valence-corrected chi connectivity index (χ0v) is 16.4. The Morgan fingerprint density at radius 2 is 1.76 bits per heavy atom. The molecule has 0 fully saturated rings. The van der Waals surface area contributed by atoms with Gasteiger partial charge in [0.2, 0.25) is 22.0 Å². The van der Waals surface area contributed by atoms with E-state index in [1.807, 2.05) is 0 Å². The van der Waals surface area contributed by atoms with Gasteiger partial charge in [0.25, 0.3) is 0 Å². The predicted molar refractivity (Wildman–Crippen MR) is 109 cm³/mol. The van der Waals surface area contributed by atoms with Crippen LogP contribution in [0.5, 0.6) is 0 Å². The molecular weight excluding hydrogens is 388 g/mol. The normalized spacial score (nSPS) is 11.5. The summed E-state index contributed by atoms with van der Waals surface area (Å²) in [5, 5.41) is 14.9. The van der Waals surface area contributed by atoms with E-state index in [1.165, 1.54) is 6.20 Å². The van der Waals surface area contributed by atoms with Crippen LogP contribution < -0.4 is 10.6 Å². The molecule has 2 N–H and O–H groups in total. The second-order valence-electron chi connectivity index (χ2n) is 6.06. The molecule has 1 aromatic carbocycles. The number of rotatable bonds is 5. The Bertz CT molecular complexity index is 1140. The standard InChI is InChI=1S/C20H18N6O2S/c1-15-2-5-19(13-23-15)29(27,28)18-6-3-16(4-7-18)12-24-20(25-14-21)26-17-8-10-22-11-9-17/h2-11,13H,12H2,1H3,(H2,22,24,25,26). The Morgan fingerprint density at radius 1 is 1.07 bits per heavy atom. The molecule has 3 rings (SSSR count). The van der Waals surface area contributed by atoms with Crippen LogP contribution in [0, 0.1) is 18.4 Å². The highest BCUT2D eigenvalue weighted by atomic mass is 32.2. The summed E-state index contributed by atoms with van der Waals surface area (Å²) in [5.41, 5.74) is 2.31. The number of nitrogens with one attached hydrogen (secondary N) is 2. The second kappa shape index (κ2) is 8.95. The summed E-state index contributed by atoms with van der Waals surface area (Å²) in [7, 11) is -3.62. The van der Waals surface area contributed by atoms with E-state index >= 15 is 0 Å². The Morgan fingerprint density at radius 3 is 2.38 bits per heavy atom. The molecule has 8 nitrogen and oxygen atoms in total. The Labute approximate surface area is 168 Å². The number of aliphatic imine (C=N–C) groups is 1. The molecule has 0 bridgehead atoms. The molecular formula is C20H18N6O2S. The minimum Gasteiger partial charge on any atom is -0.351 e. The molecule has 0 aliphatic carbocycles. The maximum Gasteiger partial charge on any atom is 0.212 e. The zero-order valence-electron chi connectivity index (χ0n) is 15.6. The molecule has 146 valence electrons. The van der Waals surface area contributed by atoms with Gasteiger partial charge in [0.05, 0.1) is 9.79 Å². The van der Waals surface area contributed by atoms with Crippen molar-refractivity contribution >= 4 is 21.5 Å². The van der Waals surface area contributed by atoms with Crippen LogP contribution in [0.1, 0.15) is 11.3 Å². The molecule has 0 aliphatic heterocycles. The highest BCUT2D eigenvalue weighted by Crippen LogP contribution is 2.20. The average molecular weight is 406 g/mol. The summed E-state index contributed by atoms with van der Waals surface area (Å²) in [6.07, 6.45) is 6.33. The quantitative estimate of drug-likeness (QED) is 0.380. The van der Waals surface area contributed by atoms with Gasteiger partial charge in [-0.05, 0) is 48.9 Å². The highest BCUT2D eigenvalue weighted by molar-refractivity contribution is 7.91. The van der Waals surface area contributed by atoms with Gasteiger partial charge in [0.15, 0.2) is 0 Å². The van der Waals surface area contributed by atoms with Crippen molar-refractivity contribution in [1.82, 2.24) is 15.3 Å². The summed E-state index contributed by atoms with van der Waals surface area (Å²) in [6.45, 7) is 2.15. The summed E-state index contributed by atoms with van der Waals surface area (Å²) < 4.78 is 25.4. The van der Waals surface area contributed by atoms with Crippen molar-refractivity contribution in [3.05, 3.63) is 78.4 Å². The number of nitriles is 1. The fraction of sp³-hybridized carbons (Fsp3) is 0.100. The lowest BCUT2D eigenvalue weighted by atomic mass is 10.2. The van der Waals surface area contributed by atoms with Crippen LogP contribution >= 0.6 is 0 Å². The van der Waals surface area contributed by atoms with Gasteiger partial charge < -0.3 is 10.6 Å². The van der Waals surface area contributed by atoms with Gasteiger partial charge in [0.1, 0.15) is 0 Å². The number of sulfone groups is 1. The van der Waals surface area contributed by atoms with E-state index in [2.05, 4.69) is 25.6 Å². The third-order valence-corrected chi connectivity index (χ3v) is 5.75. The van der Waals surface area contributed by atoms with Crippen molar-refractivity contribution in [3.8, 4) is 6.19 Å². The molecule has 29 heavy (non-hydrogen) atoms. The number of anilines is 1. The first kappa shape index (κ1) is 20.0. The molecule has 9 heteroatoms. The Kier molecular flexibility index (Phi) is 6.16. The molecule has 0 aliphatic rings. The Hall–Kier alpha value is -3.77. The van der Waals surface area contributed by atoms with Crippen molar-refractivity contribution < 1.29 is 8.42 Å². The van der Waals surface area contributed by atoms with Gasteiger partial charge >= 0.3 is 0 Å². The van der Waals surface area contributed by atoms with Crippen molar-refractivity contribution in [1.29, 1.82) is 5.26 Å². The van der Waals surface area contributed by atoms with Crippen molar-refractivity contribution in [2.45, 2.75) is 23.3 Å². The zero-order chi connectivity index (χ0) is 20.7. The van der Waals surface area contributed by atoms with Crippen molar-refractivity contribution in [3.63, 3.8) is 0 Å². The average Bonchev–Trinajstić information content (AvgIpc) is 2.73. The van der Waals surface area contributed by atoms with Gasteiger partial charge in [-0.3, -0.25) is 9.97 Å². The largest absolute Gasteiger partial charge is 0.351 e. The molecule has 0 saturated carbocycles. The van der Waals surface area contributed by atoms with Gasteiger partial charge in [-0.1, -0.05) is 12.1 Å². The lowest BCUT2D eigenvalue weighted by molar-refractivity contribution is 0.595. The van der Waals surface area contributed by atoms with Crippen LogP contribution in [0.25, 0.3) is 0 Å². The third-order valence-electron chi connectivity index (χ3n) is 3.99. The van der Waals surface area contributed by atoms with E-state index in [9.17, 15) is 8.42 Å². The maximum absolute atomic E-state index is 12.7. The summed E-state index contributed by atoms with van der Waals surface area (Å²) in [6, 6.07) is 13.2. The number of hydrogen-bond donors (Lipinski definition) is 2. The molecule has 0 saturated heterocycles. The summed E-state index contributed by atoms with van der Waals surface area (Å²) >= 11 is 0. The van der Waals surface area contributed by atoms with Crippen LogP contribution in [0.2, 0.25) is 0 Å². The first-order valence-corrected chi connectivity index (χ1v) is 10.1. The van der Waals surface area contributed by atoms with E-state index in [-0.39, 0.29) is 15.8 Å². The number of nitrogens with zero attached hydrogens (tertiary/aromatic N) is 4. The third kappa shape index (κ3) is 5.15. The SMILES string of the molecule is Cc1ccc(S(=O)(=O)c2ccc(CN/C(=N\C#N)Nc3ccncc3)cc2)cn1.